The van der Waals surface area contributed by atoms with Crippen LogP contribution in [0.5, 0.6) is 5.75 Å². The Kier molecular flexibility index (Phi) is 7.50. The maximum absolute atomic E-state index is 12.1. The van der Waals surface area contributed by atoms with Gasteiger partial charge in [-0.15, -0.1) is 0 Å². The lowest BCUT2D eigenvalue weighted by atomic mass is 10.2. The normalized spacial score (nSPS) is 13.3. The van der Waals surface area contributed by atoms with E-state index in [1.165, 1.54) is 32.3 Å². The van der Waals surface area contributed by atoms with Gasteiger partial charge in [0.1, 0.15) is 5.75 Å². The number of nitriles is 1. The molecule has 0 radical (unpaired) electrons. The molecular formula is C13H16BrF3N2O3S. The number of pyridine rings is 1. The Morgan fingerprint density at radius 1 is 1.39 bits per heavy atom. The fourth-order valence-electron chi connectivity index (χ4n) is 0.798. The Morgan fingerprint density at radius 3 is 2.22 bits per heavy atom. The third-order valence-corrected chi connectivity index (χ3v) is 5.24. The van der Waals surface area contributed by atoms with E-state index in [1.54, 1.807) is 6.07 Å². The van der Waals surface area contributed by atoms with Crippen LogP contribution in [-0.4, -0.2) is 36.7 Å². The lowest BCUT2D eigenvalue weighted by molar-refractivity contribution is -0.189. The van der Waals surface area contributed by atoms with Crippen molar-refractivity contribution in [1.29, 1.82) is 5.26 Å². The fourth-order valence-corrected chi connectivity index (χ4v) is 1.31. The summed E-state index contributed by atoms with van der Waals surface area (Å²) in [6, 6.07) is 3.06. The van der Waals surface area contributed by atoms with Crippen LogP contribution in [0.3, 0.4) is 0 Å². The maximum Gasteiger partial charge on any atom is 0.425 e. The zero-order chi connectivity index (χ0) is 18.5. The van der Waals surface area contributed by atoms with E-state index >= 15 is 0 Å². The third kappa shape index (κ3) is 7.18. The van der Waals surface area contributed by atoms with Crippen molar-refractivity contribution in [1.82, 2.24) is 4.98 Å². The number of hydrogen-bond donors (Lipinski definition) is 0. The van der Waals surface area contributed by atoms with Crippen molar-refractivity contribution in [2.75, 3.05) is 6.26 Å². The van der Waals surface area contributed by atoms with E-state index in [0.29, 0.717) is 4.47 Å². The molecule has 1 rings (SSSR count). The first kappa shape index (κ1) is 21.7. The first-order valence-electron chi connectivity index (χ1n) is 6.16. The molecule has 0 spiro atoms. The van der Waals surface area contributed by atoms with Crippen molar-refractivity contribution in [2.45, 2.75) is 37.8 Å². The molecule has 23 heavy (non-hydrogen) atoms. The molecule has 0 aliphatic heterocycles. The first-order chi connectivity index (χ1) is 10.2. The number of alkyl halides is 3. The monoisotopic (exact) mass is 416 g/mol. The second-order valence-electron chi connectivity index (χ2n) is 5.00. The van der Waals surface area contributed by atoms with Gasteiger partial charge in [0.25, 0.3) is 0 Å². The Hall–Kier alpha value is -1.34. The number of nitrogens with zero attached hydrogens (tertiary/aromatic N) is 2. The number of sulfone groups is 1. The summed E-state index contributed by atoms with van der Waals surface area (Å²) in [6.45, 7) is 3.71. The van der Waals surface area contributed by atoms with Crippen molar-refractivity contribution in [3.05, 3.63) is 22.9 Å². The molecule has 0 unspecified atom stereocenters. The van der Waals surface area contributed by atoms with Gasteiger partial charge in [0, 0.05) is 18.6 Å². The standard InChI is InChI=1S/C8H7BrF3NO.C5H9NO2S/c1-5(8(10,11)12)14-7-2-3-13-4-6(7)9;1-5(2,4-6)9(3,7)8/h2-5H,1H3;1-3H3/t5-;/m0./s1. The molecule has 130 valence electrons. The fraction of sp³-hybridized carbons (Fsp3) is 0.538. The van der Waals surface area contributed by atoms with Gasteiger partial charge in [-0.1, -0.05) is 0 Å². The molecule has 1 atom stereocenters. The predicted molar refractivity (Wildman–Crippen MR) is 82.6 cm³/mol. The second-order valence-corrected chi connectivity index (χ2v) is 8.42. The van der Waals surface area contributed by atoms with Gasteiger partial charge in [0.2, 0.25) is 0 Å². The summed E-state index contributed by atoms with van der Waals surface area (Å²) in [4.78, 5) is 3.71. The minimum atomic E-state index is -4.36. The molecule has 10 heteroatoms. The Labute approximate surface area is 141 Å². The summed E-state index contributed by atoms with van der Waals surface area (Å²) in [5.74, 6) is 0.129. The van der Waals surface area contributed by atoms with E-state index in [4.69, 9.17) is 10.00 Å². The topological polar surface area (TPSA) is 80.0 Å². The maximum atomic E-state index is 12.1. The highest BCUT2D eigenvalue weighted by atomic mass is 79.9. The minimum absolute atomic E-state index is 0.129. The summed E-state index contributed by atoms with van der Waals surface area (Å²) < 4.78 is 61.5. The second kappa shape index (κ2) is 7.97. The minimum Gasteiger partial charge on any atom is -0.480 e. The average molecular weight is 417 g/mol. The van der Waals surface area contributed by atoms with Gasteiger partial charge in [-0.25, -0.2) is 8.42 Å². The molecule has 0 aromatic carbocycles. The van der Waals surface area contributed by atoms with E-state index in [-0.39, 0.29) is 5.75 Å². The molecule has 0 aliphatic carbocycles. The van der Waals surface area contributed by atoms with Gasteiger partial charge in [-0.2, -0.15) is 18.4 Å². The lowest BCUT2D eigenvalue weighted by Gasteiger charge is -2.17. The van der Waals surface area contributed by atoms with E-state index in [1.807, 2.05) is 0 Å². The zero-order valence-corrected chi connectivity index (χ0v) is 15.3. The molecule has 0 bridgehead atoms. The SMILES string of the molecule is CC(C)(C#N)S(C)(=O)=O.C[C@H](Oc1ccncc1Br)C(F)(F)F. The molecule has 0 N–H and O–H groups in total. The Morgan fingerprint density at radius 2 is 1.91 bits per heavy atom. The predicted octanol–water partition coefficient (Wildman–Crippen LogP) is 3.51. The smallest absolute Gasteiger partial charge is 0.425 e. The van der Waals surface area contributed by atoms with Crippen molar-refractivity contribution >= 4 is 25.8 Å². The molecule has 5 nitrogen and oxygen atoms in total. The van der Waals surface area contributed by atoms with Crippen LogP contribution in [0.2, 0.25) is 0 Å². The van der Waals surface area contributed by atoms with Crippen LogP contribution in [0.4, 0.5) is 13.2 Å². The number of aromatic nitrogens is 1. The van der Waals surface area contributed by atoms with Crippen molar-refractivity contribution in [2.24, 2.45) is 0 Å². The van der Waals surface area contributed by atoms with Gasteiger partial charge >= 0.3 is 6.18 Å². The molecule has 0 fully saturated rings. The molecule has 0 saturated carbocycles. The zero-order valence-electron chi connectivity index (χ0n) is 12.8. The largest absolute Gasteiger partial charge is 0.480 e. The highest BCUT2D eigenvalue weighted by Gasteiger charge is 2.38. The van der Waals surface area contributed by atoms with Crippen LogP contribution in [0, 0.1) is 11.3 Å². The van der Waals surface area contributed by atoms with Crippen LogP contribution in [-0.2, 0) is 9.84 Å². The Balaban J connectivity index is 0.000000468. The number of rotatable bonds is 3. The van der Waals surface area contributed by atoms with E-state index < -0.39 is 26.9 Å². The van der Waals surface area contributed by atoms with Crippen molar-refractivity contribution in [3.8, 4) is 11.8 Å². The molecular weight excluding hydrogens is 401 g/mol. The van der Waals surface area contributed by atoms with Crippen molar-refractivity contribution in [3.63, 3.8) is 0 Å². The molecule has 0 amide bonds. The van der Waals surface area contributed by atoms with Crippen molar-refractivity contribution < 1.29 is 26.3 Å². The number of hydrogen-bond acceptors (Lipinski definition) is 5. The summed E-state index contributed by atoms with van der Waals surface area (Å²) in [5, 5.41) is 8.30. The van der Waals surface area contributed by atoms with E-state index in [9.17, 15) is 21.6 Å². The van der Waals surface area contributed by atoms with Crippen LogP contribution in [0.1, 0.15) is 20.8 Å². The Bertz CT molecular complexity index is 670. The number of ether oxygens (including phenoxy) is 1. The van der Waals surface area contributed by atoms with E-state index in [2.05, 4.69) is 20.9 Å². The molecule has 1 aromatic rings. The highest BCUT2D eigenvalue weighted by molar-refractivity contribution is 9.10. The van der Waals surface area contributed by atoms with Gasteiger partial charge in [-0.05, 0) is 42.8 Å². The van der Waals surface area contributed by atoms with E-state index in [0.717, 1.165) is 13.2 Å². The van der Waals surface area contributed by atoms with Gasteiger partial charge in [0.05, 0.1) is 10.5 Å². The summed E-state index contributed by atoms with van der Waals surface area (Å²) in [7, 11) is -3.21. The third-order valence-electron chi connectivity index (χ3n) is 2.70. The quantitative estimate of drug-likeness (QED) is 0.752. The molecule has 1 heterocycles. The van der Waals surface area contributed by atoms with Gasteiger partial charge in [-0.3, -0.25) is 4.98 Å². The van der Waals surface area contributed by atoms with Crippen LogP contribution in [0.15, 0.2) is 22.9 Å². The average Bonchev–Trinajstić information content (AvgIpc) is 2.39. The summed E-state index contributed by atoms with van der Waals surface area (Å²) in [6.07, 6.45) is -2.40. The summed E-state index contributed by atoms with van der Waals surface area (Å²) in [5.41, 5.74) is 0. The molecule has 0 aliphatic rings. The highest BCUT2D eigenvalue weighted by Crippen LogP contribution is 2.29. The van der Waals surface area contributed by atoms with Crippen LogP contribution < -0.4 is 4.74 Å². The first-order valence-corrected chi connectivity index (χ1v) is 8.84. The lowest BCUT2D eigenvalue weighted by Crippen LogP contribution is -2.31. The van der Waals surface area contributed by atoms with Crippen LogP contribution in [0.25, 0.3) is 0 Å². The summed E-state index contributed by atoms with van der Waals surface area (Å²) >= 11 is 3.04. The molecule has 1 aromatic heterocycles. The van der Waals surface area contributed by atoms with Crippen LogP contribution >= 0.6 is 15.9 Å². The van der Waals surface area contributed by atoms with Gasteiger partial charge < -0.3 is 4.74 Å². The molecule has 0 saturated heterocycles. The number of halogens is 4. The van der Waals surface area contributed by atoms with Gasteiger partial charge in [0.15, 0.2) is 20.7 Å².